The van der Waals surface area contributed by atoms with E-state index in [4.69, 9.17) is 10.5 Å². The van der Waals surface area contributed by atoms with Crippen LogP contribution < -0.4 is 10.6 Å². The minimum atomic E-state index is -0.328. The summed E-state index contributed by atoms with van der Waals surface area (Å²) in [5, 5.41) is 9.91. The highest BCUT2D eigenvalue weighted by Crippen LogP contribution is 2.28. The van der Waals surface area contributed by atoms with Crippen LogP contribution in [0.25, 0.3) is 0 Å². The molecule has 2 fully saturated rings. The van der Waals surface area contributed by atoms with Crippen LogP contribution in [-0.2, 0) is 9.53 Å². The number of aromatic hydroxyl groups is 1. The predicted octanol–water partition coefficient (Wildman–Crippen LogP) is 0.969. The summed E-state index contributed by atoms with van der Waals surface area (Å²) in [5.41, 5.74) is 6.42. The van der Waals surface area contributed by atoms with Crippen molar-refractivity contribution >= 4 is 24.0 Å². The summed E-state index contributed by atoms with van der Waals surface area (Å²) in [6, 6.07) is 7.31. The number of anilines is 1. The third kappa shape index (κ3) is 3.88. The van der Waals surface area contributed by atoms with E-state index in [0.29, 0.717) is 19.6 Å². The lowest BCUT2D eigenvalue weighted by molar-refractivity contribution is -0.143. The number of hydrogen-bond donors (Lipinski definition) is 2. The fourth-order valence-electron chi connectivity index (χ4n) is 3.16. The lowest BCUT2D eigenvalue weighted by Crippen LogP contribution is -2.51. The van der Waals surface area contributed by atoms with E-state index in [1.807, 2.05) is 23.1 Å². The van der Waals surface area contributed by atoms with Gasteiger partial charge in [0.05, 0.1) is 11.8 Å². The summed E-state index contributed by atoms with van der Waals surface area (Å²) >= 11 is 0. The molecule has 0 radical (unpaired) electrons. The number of phenolic OH excluding ortho intramolecular Hbond substituents is 1. The average Bonchev–Trinajstić information content (AvgIpc) is 3.04. The molecule has 3 N–H and O–H groups in total. The van der Waals surface area contributed by atoms with Gasteiger partial charge >= 0.3 is 0 Å². The van der Waals surface area contributed by atoms with Crippen LogP contribution in [0, 0.1) is 0 Å². The third-order valence-electron chi connectivity index (χ3n) is 4.46. The molecule has 0 bridgehead atoms. The van der Waals surface area contributed by atoms with Crippen LogP contribution in [0.4, 0.5) is 5.69 Å². The molecule has 23 heavy (non-hydrogen) atoms. The molecule has 7 heteroatoms. The van der Waals surface area contributed by atoms with Crippen LogP contribution in [0.3, 0.4) is 0 Å². The average molecular weight is 342 g/mol. The molecule has 1 amide bonds. The first-order valence-electron chi connectivity index (χ1n) is 7.86. The first-order chi connectivity index (χ1) is 10.7. The second-order valence-corrected chi connectivity index (χ2v) is 5.86. The Balaban J connectivity index is 0.00000192. The monoisotopic (exact) mass is 341 g/mol. The number of nitrogens with zero attached hydrogens (tertiary/aromatic N) is 2. The Kier molecular flexibility index (Phi) is 6.10. The van der Waals surface area contributed by atoms with Gasteiger partial charge in [-0.1, -0.05) is 12.1 Å². The van der Waals surface area contributed by atoms with Gasteiger partial charge in [0.1, 0.15) is 11.9 Å². The first kappa shape index (κ1) is 17.8. The highest BCUT2D eigenvalue weighted by atomic mass is 35.5. The largest absolute Gasteiger partial charge is 0.506 e. The normalized spacial score (nSPS) is 24.4. The fraction of sp³-hybridized carbons (Fsp3) is 0.562. The van der Waals surface area contributed by atoms with Gasteiger partial charge in [-0.25, -0.2) is 0 Å². The van der Waals surface area contributed by atoms with Crippen molar-refractivity contribution in [3.63, 3.8) is 0 Å². The van der Waals surface area contributed by atoms with Gasteiger partial charge in [0.2, 0.25) is 0 Å². The molecule has 1 aromatic rings. The number of carbonyl (C=O) groups is 1. The van der Waals surface area contributed by atoms with E-state index < -0.39 is 0 Å². The van der Waals surface area contributed by atoms with Crippen LogP contribution in [-0.4, -0.2) is 60.8 Å². The molecular formula is C16H24ClN3O3. The van der Waals surface area contributed by atoms with Gasteiger partial charge in [-0.05, 0) is 25.0 Å². The molecule has 2 saturated heterocycles. The summed E-state index contributed by atoms with van der Waals surface area (Å²) in [4.78, 5) is 16.4. The molecule has 0 saturated carbocycles. The molecule has 0 aromatic heterocycles. The van der Waals surface area contributed by atoms with Crippen molar-refractivity contribution in [2.75, 3.05) is 37.6 Å². The number of phenols is 1. The molecule has 0 spiro atoms. The third-order valence-corrected chi connectivity index (χ3v) is 4.46. The fourth-order valence-corrected chi connectivity index (χ4v) is 3.16. The van der Waals surface area contributed by atoms with Gasteiger partial charge in [-0.15, -0.1) is 12.4 Å². The summed E-state index contributed by atoms with van der Waals surface area (Å²) in [6.45, 7) is 3.22. The molecule has 2 heterocycles. The summed E-state index contributed by atoms with van der Waals surface area (Å²) in [6.07, 6.45) is 1.33. The number of piperazine rings is 1. The van der Waals surface area contributed by atoms with Crippen LogP contribution >= 0.6 is 12.4 Å². The predicted molar refractivity (Wildman–Crippen MR) is 91.1 cm³/mol. The maximum atomic E-state index is 12.5. The van der Waals surface area contributed by atoms with Gasteiger partial charge in [0.25, 0.3) is 5.91 Å². The highest BCUT2D eigenvalue weighted by Gasteiger charge is 2.34. The van der Waals surface area contributed by atoms with Crippen LogP contribution in [0.1, 0.15) is 12.8 Å². The van der Waals surface area contributed by atoms with Crippen LogP contribution in [0.2, 0.25) is 0 Å². The zero-order valence-electron chi connectivity index (χ0n) is 13.1. The molecule has 0 aliphatic carbocycles. The number of hydrogen-bond acceptors (Lipinski definition) is 5. The quantitative estimate of drug-likeness (QED) is 0.856. The molecule has 128 valence electrons. The Morgan fingerprint density at radius 3 is 2.52 bits per heavy atom. The van der Waals surface area contributed by atoms with Crippen LogP contribution in [0.5, 0.6) is 5.75 Å². The van der Waals surface area contributed by atoms with Crippen molar-refractivity contribution in [2.24, 2.45) is 5.73 Å². The number of benzene rings is 1. The van der Waals surface area contributed by atoms with Gasteiger partial charge in [0.15, 0.2) is 0 Å². The van der Waals surface area contributed by atoms with Crippen molar-refractivity contribution in [3.8, 4) is 5.75 Å². The van der Waals surface area contributed by atoms with Crippen molar-refractivity contribution < 1.29 is 14.6 Å². The molecule has 2 atom stereocenters. The molecule has 1 aromatic carbocycles. The van der Waals surface area contributed by atoms with Crippen molar-refractivity contribution in [2.45, 2.75) is 25.0 Å². The summed E-state index contributed by atoms with van der Waals surface area (Å²) in [5.74, 6) is 0.361. The van der Waals surface area contributed by atoms with E-state index >= 15 is 0 Å². The van der Waals surface area contributed by atoms with Gasteiger partial charge < -0.3 is 25.4 Å². The van der Waals surface area contributed by atoms with Crippen molar-refractivity contribution in [1.82, 2.24) is 4.90 Å². The van der Waals surface area contributed by atoms with Crippen molar-refractivity contribution in [1.29, 1.82) is 0 Å². The molecule has 3 rings (SSSR count). The number of ether oxygens (including phenoxy) is 1. The van der Waals surface area contributed by atoms with Gasteiger partial charge in [-0.3, -0.25) is 4.79 Å². The maximum Gasteiger partial charge on any atom is 0.251 e. The standard InChI is InChI=1S/C16H23N3O3.ClH/c17-11-12-5-6-15(22-12)16(21)19-9-7-18(8-10-19)13-3-1-2-4-14(13)20;/h1-4,12,15,20H,5-11,17H2;1H/t12-,15+;/m1./s1. The highest BCUT2D eigenvalue weighted by molar-refractivity contribution is 5.85. The minimum Gasteiger partial charge on any atom is -0.506 e. The molecule has 0 unspecified atom stereocenters. The summed E-state index contributed by atoms with van der Waals surface area (Å²) in [7, 11) is 0. The van der Waals surface area contributed by atoms with E-state index in [1.54, 1.807) is 6.07 Å². The maximum absolute atomic E-state index is 12.5. The molecule has 2 aliphatic rings. The second kappa shape index (κ2) is 7.86. The Morgan fingerprint density at radius 1 is 1.22 bits per heavy atom. The first-order valence-corrected chi connectivity index (χ1v) is 7.86. The van der Waals surface area contributed by atoms with Crippen LogP contribution in [0.15, 0.2) is 24.3 Å². The second-order valence-electron chi connectivity index (χ2n) is 5.86. The number of para-hydroxylation sites is 2. The smallest absolute Gasteiger partial charge is 0.251 e. The van der Waals surface area contributed by atoms with E-state index in [9.17, 15) is 9.90 Å². The molecule has 6 nitrogen and oxygen atoms in total. The topological polar surface area (TPSA) is 79.0 Å². The molecular weight excluding hydrogens is 318 g/mol. The van der Waals surface area contributed by atoms with E-state index in [2.05, 4.69) is 4.90 Å². The zero-order chi connectivity index (χ0) is 15.5. The lowest BCUT2D eigenvalue weighted by atomic mass is 10.1. The zero-order valence-corrected chi connectivity index (χ0v) is 13.9. The Morgan fingerprint density at radius 2 is 1.91 bits per heavy atom. The number of carbonyl (C=O) groups excluding carboxylic acids is 1. The lowest BCUT2D eigenvalue weighted by Gasteiger charge is -2.37. The minimum absolute atomic E-state index is 0. The summed E-state index contributed by atoms with van der Waals surface area (Å²) < 4.78 is 5.69. The van der Waals surface area contributed by atoms with E-state index in [-0.39, 0.29) is 36.3 Å². The van der Waals surface area contributed by atoms with Gasteiger partial charge in [0, 0.05) is 32.7 Å². The number of amides is 1. The van der Waals surface area contributed by atoms with Crippen molar-refractivity contribution in [3.05, 3.63) is 24.3 Å². The van der Waals surface area contributed by atoms with E-state index in [0.717, 1.165) is 31.6 Å². The Labute approximate surface area is 142 Å². The SMILES string of the molecule is Cl.NC[C@H]1CC[C@@H](C(=O)N2CCN(c3ccccc3O)CC2)O1. The molecule has 2 aliphatic heterocycles. The van der Waals surface area contributed by atoms with Gasteiger partial charge in [-0.2, -0.15) is 0 Å². The Hall–Kier alpha value is -1.50. The number of halogens is 1. The van der Waals surface area contributed by atoms with E-state index in [1.165, 1.54) is 0 Å². The number of nitrogens with two attached hydrogens (primary N) is 1. The Bertz CT molecular complexity index is 535. The number of rotatable bonds is 3.